The molecule has 0 spiro atoms. The number of amides is 2. The van der Waals surface area contributed by atoms with Crippen molar-refractivity contribution in [2.75, 3.05) is 42.6 Å². The third-order valence-corrected chi connectivity index (χ3v) is 6.50. The molecule has 7 heteroatoms. The number of nitrogens with zero attached hydrogens (tertiary/aromatic N) is 3. The maximum Gasteiger partial charge on any atom is 0.227 e. The Labute approximate surface area is 189 Å². The second kappa shape index (κ2) is 10.1. The number of nitrogens with one attached hydrogen (secondary N) is 1. The Hall–Kier alpha value is -2.93. The summed E-state index contributed by atoms with van der Waals surface area (Å²) in [5.74, 6) is 0.824. The Morgan fingerprint density at radius 2 is 2.00 bits per heavy atom. The van der Waals surface area contributed by atoms with Gasteiger partial charge in [-0.05, 0) is 30.0 Å². The zero-order valence-corrected chi connectivity index (χ0v) is 18.9. The van der Waals surface area contributed by atoms with E-state index in [1.54, 1.807) is 11.1 Å². The van der Waals surface area contributed by atoms with E-state index in [0.717, 1.165) is 42.1 Å². The molecule has 0 saturated carbocycles. The minimum atomic E-state index is -0.351. The second-order valence-corrected chi connectivity index (χ2v) is 8.58. The van der Waals surface area contributed by atoms with Gasteiger partial charge in [0.2, 0.25) is 11.8 Å². The first-order valence-electron chi connectivity index (χ1n) is 11.5. The molecule has 7 nitrogen and oxygen atoms in total. The molecule has 2 amide bonds. The van der Waals surface area contributed by atoms with E-state index >= 15 is 0 Å². The largest absolute Gasteiger partial charge is 0.378 e. The van der Waals surface area contributed by atoms with Gasteiger partial charge in [0.1, 0.15) is 5.82 Å². The van der Waals surface area contributed by atoms with Crippen molar-refractivity contribution < 1.29 is 14.3 Å². The molecular weight excluding hydrogens is 404 g/mol. The zero-order valence-electron chi connectivity index (χ0n) is 18.9. The lowest BCUT2D eigenvalue weighted by atomic mass is 9.96. The normalized spacial score (nSPS) is 19.8. The molecule has 2 aromatic rings. The van der Waals surface area contributed by atoms with Gasteiger partial charge in [0.05, 0.1) is 19.1 Å². The molecule has 2 aliphatic rings. The molecule has 1 aromatic heterocycles. The Balaban J connectivity index is 1.42. The highest BCUT2D eigenvalue weighted by molar-refractivity contribution is 6.00. The van der Waals surface area contributed by atoms with Crippen LogP contribution >= 0.6 is 0 Å². The van der Waals surface area contributed by atoms with Crippen molar-refractivity contribution in [3.63, 3.8) is 0 Å². The number of pyridine rings is 1. The summed E-state index contributed by atoms with van der Waals surface area (Å²) in [4.78, 5) is 34.3. The van der Waals surface area contributed by atoms with Crippen LogP contribution in [0.4, 0.5) is 11.5 Å². The van der Waals surface area contributed by atoms with Crippen LogP contribution in [0.25, 0.3) is 0 Å². The number of morpholine rings is 1. The van der Waals surface area contributed by atoms with Crippen LogP contribution in [-0.4, -0.2) is 49.6 Å². The number of anilines is 2. The van der Waals surface area contributed by atoms with Gasteiger partial charge in [-0.15, -0.1) is 0 Å². The topological polar surface area (TPSA) is 74.8 Å². The molecule has 2 unspecified atom stereocenters. The van der Waals surface area contributed by atoms with Gasteiger partial charge in [-0.2, -0.15) is 0 Å². The van der Waals surface area contributed by atoms with E-state index in [2.05, 4.69) is 35.1 Å². The van der Waals surface area contributed by atoms with Crippen LogP contribution in [-0.2, 0) is 20.9 Å². The van der Waals surface area contributed by atoms with Gasteiger partial charge in [0.15, 0.2) is 0 Å². The maximum absolute atomic E-state index is 13.0. The number of carbonyl (C=O) groups is 2. The molecule has 0 radical (unpaired) electrons. The van der Waals surface area contributed by atoms with Crippen molar-refractivity contribution in [1.29, 1.82) is 0 Å². The number of rotatable bonds is 7. The molecule has 0 bridgehead atoms. The molecule has 32 heavy (non-hydrogen) atoms. The fourth-order valence-electron chi connectivity index (χ4n) is 4.44. The van der Waals surface area contributed by atoms with E-state index in [4.69, 9.17) is 4.74 Å². The van der Waals surface area contributed by atoms with Crippen LogP contribution in [0.15, 0.2) is 42.6 Å². The average Bonchev–Trinajstić information content (AvgIpc) is 3.24. The maximum atomic E-state index is 13.0. The Morgan fingerprint density at radius 1 is 1.22 bits per heavy atom. The second-order valence-electron chi connectivity index (χ2n) is 8.58. The number of carbonyl (C=O) groups excluding carboxylic acids is 2. The van der Waals surface area contributed by atoms with E-state index in [0.29, 0.717) is 32.2 Å². The van der Waals surface area contributed by atoms with Crippen LogP contribution in [0, 0.1) is 5.92 Å². The molecular formula is C25H32N4O3. The van der Waals surface area contributed by atoms with Crippen LogP contribution in [0.3, 0.4) is 0 Å². The fraction of sp³-hybridized carbons (Fsp3) is 0.480. The Bertz CT molecular complexity index is 958. The molecule has 1 N–H and O–H groups in total. The van der Waals surface area contributed by atoms with Gasteiger partial charge in [-0.1, -0.05) is 38.1 Å². The van der Waals surface area contributed by atoms with Crippen molar-refractivity contribution in [2.24, 2.45) is 5.92 Å². The summed E-state index contributed by atoms with van der Waals surface area (Å²) < 4.78 is 5.44. The lowest BCUT2D eigenvalue weighted by Crippen LogP contribution is -2.38. The van der Waals surface area contributed by atoms with Crippen LogP contribution in [0.5, 0.6) is 0 Å². The van der Waals surface area contributed by atoms with Crippen molar-refractivity contribution >= 4 is 23.3 Å². The fourth-order valence-corrected chi connectivity index (χ4v) is 4.44. The number of ether oxygens (including phenoxy) is 1. The van der Waals surface area contributed by atoms with E-state index in [1.165, 1.54) is 0 Å². The van der Waals surface area contributed by atoms with Gasteiger partial charge in [0.25, 0.3) is 0 Å². The molecule has 2 atom stereocenters. The SMILES string of the molecule is CCC(C)c1ccccc1N1CC(C(=O)NCc2cccnc2N2CCOCC2)CC1=O. The lowest BCUT2D eigenvalue weighted by Gasteiger charge is -2.29. The molecule has 2 aliphatic heterocycles. The van der Waals surface area contributed by atoms with Crippen molar-refractivity contribution in [2.45, 2.75) is 39.2 Å². The standard InChI is InChI=1S/C25H32N4O3/c1-3-18(2)21-8-4-5-9-22(21)29-17-20(15-23(29)30)25(31)27-16-19-7-6-10-26-24(19)28-11-13-32-14-12-28/h4-10,18,20H,3,11-17H2,1-2H3,(H,27,31). The molecule has 2 fully saturated rings. The third-order valence-electron chi connectivity index (χ3n) is 6.50. The molecule has 170 valence electrons. The van der Waals surface area contributed by atoms with E-state index in [9.17, 15) is 9.59 Å². The first-order valence-corrected chi connectivity index (χ1v) is 11.5. The number of aromatic nitrogens is 1. The lowest BCUT2D eigenvalue weighted by molar-refractivity contribution is -0.126. The third kappa shape index (κ3) is 4.78. The highest BCUT2D eigenvalue weighted by atomic mass is 16.5. The van der Waals surface area contributed by atoms with Gasteiger partial charge in [-0.3, -0.25) is 9.59 Å². The number of para-hydroxylation sites is 1. The Morgan fingerprint density at radius 3 is 2.78 bits per heavy atom. The Kier molecular flexibility index (Phi) is 7.05. The summed E-state index contributed by atoms with van der Waals surface area (Å²) in [7, 11) is 0. The number of benzene rings is 1. The molecule has 1 aromatic carbocycles. The highest BCUT2D eigenvalue weighted by Crippen LogP contribution is 2.33. The summed E-state index contributed by atoms with van der Waals surface area (Å²) in [6.45, 7) is 8.08. The first-order chi connectivity index (χ1) is 15.6. The summed E-state index contributed by atoms with van der Waals surface area (Å²) in [6.07, 6.45) is 3.02. The van der Waals surface area contributed by atoms with Gasteiger partial charge in [0, 0.05) is 50.0 Å². The minimum Gasteiger partial charge on any atom is -0.378 e. The van der Waals surface area contributed by atoms with Crippen molar-refractivity contribution in [3.05, 3.63) is 53.7 Å². The number of hydrogen-bond donors (Lipinski definition) is 1. The first kappa shape index (κ1) is 22.3. The molecule has 0 aliphatic carbocycles. The van der Waals surface area contributed by atoms with E-state index in [1.807, 2.05) is 30.3 Å². The summed E-state index contributed by atoms with van der Waals surface area (Å²) in [6, 6.07) is 11.9. The van der Waals surface area contributed by atoms with Gasteiger partial charge < -0.3 is 19.9 Å². The number of hydrogen-bond acceptors (Lipinski definition) is 5. The summed E-state index contributed by atoms with van der Waals surface area (Å²) in [5, 5.41) is 3.05. The molecule has 2 saturated heterocycles. The van der Waals surface area contributed by atoms with Crippen molar-refractivity contribution in [1.82, 2.24) is 10.3 Å². The molecule has 3 heterocycles. The van der Waals surface area contributed by atoms with Crippen LogP contribution in [0.1, 0.15) is 43.7 Å². The monoisotopic (exact) mass is 436 g/mol. The average molecular weight is 437 g/mol. The molecule has 4 rings (SSSR count). The minimum absolute atomic E-state index is 0.0105. The predicted octanol–water partition coefficient (Wildman–Crippen LogP) is 3.10. The van der Waals surface area contributed by atoms with E-state index in [-0.39, 0.29) is 24.2 Å². The zero-order chi connectivity index (χ0) is 22.5. The van der Waals surface area contributed by atoms with E-state index < -0.39 is 0 Å². The van der Waals surface area contributed by atoms with Gasteiger partial charge >= 0.3 is 0 Å². The quantitative estimate of drug-likeness (QED) is 0.722. The van der Waals surface area contributed by atoms with Crippen LogP contribution < -0.4 is 15.1 Å². The summed E-state index contributed by atoms with van der Waals surface area (Å²) >= 11 is 0. The smallest absolute Gasteiger partial charge is 0.227 e. The highest BCUT2D eigenvalue weighted by Gasteiger charge is 2.36. The van der Waals surface area contributed by atoms with Crippen LogP contribution in [0.2, 0.25) is 0 Å². The van der Waals surface area contributed by atoms with Gasteiger partial charge in [-0.25, -0.2) is 4.98 Å². The van der Waals surface area contributed by atoms with Crippen molar-refractivity contribution in [3.8, 4) is 0 Å². The predicted molar refractivity (Wildman–Crippen MR) is 125 cm³/mol. The summed E-state index contributed by atoms with van der Waals surface area (Å²) in [5.41, 5.74) is 3.07.